The third-order valence-corrected chi connectivity index (χ3v) is 3.20. The Bertz CT molecular complexity index is 493. The molecule has 1 aromatic rings. The van der Waals surface area contributed by atoms with Gasteiger partial charge in [0.25, 0.3) is 0 Å². The Hall–Kier alpha value is -2.07. The number of urea groups is 1. The molecule has 0 saturated heterocycles. The van der Waals surface area contributed by atoms with Gasteiger partial charge >= 0.3 is 12.0 Å². The van der Waals surface area contributed by atoms with Gasteiger partial charge in [-0.15, -0.1) is 17.8 Å². The van der Waals surface area contributed by atoms with Gasteiger partial charge in [0.2, 0.25) is 0 Å². The predicted molar refractivity (Wildman–Crippen MR) is 72.0 cm³/mol. The van der Waals surface area contributed by atoms with Crippen LogP contribution in [-0.2, 0) is 11.2 Å². The molecule has 0 radical (unpaired) electrons. The van der Waals surface area contributed by atoms with Gasteiger partial charge in [0.05, 0.1) is 11.6 Å². The molecular weight excluding hydrogens is 266 g/mol. The van der Waals surface area contributed by atoms with E-state index in [4.69, 9.17) is 11.5 Å². The highest BCUT2D eigenvalue weighted by atomic mass is 32.1. The van der Waals surface area contributed by atoms with Crippen molar-refractivity contribution in [2.24, 2.45) is 0 Å². The molecule has 0 aliphatic carbocycles. The van der Waals surface area contributed by atoms with Crippen LogP contribution < -0.4 is 5.32 Å². The van der Waals surface area contributed by atoms with E-state index in [0.717, 1.165) is 15.6 Å². The van der Waals surface area contributed by atoms with E-state index in [2.05, 4.69) is 16.2 Å². The van der Waals surface area contributed by atoms with Crippen LogP contribution in [-0.4, -0.2) is 46.6 Å². The number of carbonyl (C=O) groups is 2. The Morgan fingerprint density at radius 1 is 1.63 bits per heavy atom. The van der Waals surface area contributed by atoms with Crippen molar-refractivity contribution in [2.45, 2.75) is 13.3 Å². The fourth-order valence-electron chi connectivity index (χ4n) is 1.38. The molecular formula is C12H15N3O3S. The number of carboxylic acids is 1. The van der Waals surface area contributed by atoms with Crippen molar-refractivity contribution in [2.75, 3.05) is 19.6 Å². The summed E-state index contributed by atoms with van der Waals surface area (Å²) in [5, 5.41) is 14.2. The number of amides is 2. The van der Waals surface area contributed by atoms with Gasteiger partial charge in [-0.1, -0.05) is 5.92 Å². The van der Waals surface area contributed by atoms with E-state index in [1.54, 1.807) is 0 Å². The maximum Gasteiger partial charge on any atom is 0.323 e. The monoisotopic (exact) mass is 281 g/mol. The molecule has 19 heavy (non-hydrogen) atoms. The molecule has 0 aliphatic heterocycles. The average Bonchev–Trinajstić information content (AvgIpc) is 2.74. The normalized spacial score (nSPS) is 9.68. The van der Waals surface area contributed by atoms with Crippen molar-refractivity contribution in [3.63, 3.8) is 0 Å². The van der Waals surface area contributed by atoms with Crippen LogP contribution in [0.5, 0.6) is 0 Å². The van der Waals surface area contributed by atoms with Crippen molar-refractivity contribution < 1.29 is 14.7 Å². The van der Waals surface area contributed by atoms with E-state index < -0.39 is 18.5 Å². The number of carbonyl (C=O) groups excluding carboxylic acids is 1. The minimum Gasteiger partial charge on any atom is -0.480 e. The van der Waals surface area contributed by atoms with E-state index in [9.17, 15) is 9.59 Å². The Kier molecular flexibility index (Phi) is 5.82. The maximum atomic E-state index is 11.7. The number of aromatic nitrogens is 1. The lowest BCUT2D eigenvalue weighted by molar-refractivity contribution is -0.137. The van der Waals surface area contributed by atoms with E-state index in [0.29, 0.717) is 13.0 Å². The number of nitrogens with one attached hydrogen (secondary N) is 1. The first-order chi connectivity index (χ1) is 9.02. The summed E-state index contributed by atoms with van der Waals surface area (Å²) in [5.74, 6) is 1.16. The van der Waals surface area contributed by atoms with Gasteiger partial charge < -0.3 is 15.3 Å². The van der Waals surface area contributed by atoms with Gasteiger partial charge in [-0.3, -0.25) is 4.79 Å². The summed E-state index contributed by atoms with van der Waals surface area (Å²) in [6.45, 7) is 1.85. The van der Waals surface area contributed by atoms with Gasteiger partial charge in [-0.25, -0.2) is 9.78 Å². The second kappa shape index (κ2) is 7.38. The number of carboxylic acid groups (broad SMARTS) is 1. The second-order valence-electron chi connectivity index (χ2n) is 3.82. The highest BCUT2D eigenvalue weighted by Crippen LogP contribution is 2.08. The summed E-state index contributed by atoms with van der Waals surface area (Å²) in [7, 11) is 0. The molecule has 102 valence electrons. The van der Waals surface area contributed by atoms with Crippen LogP contribution in [0.4, 0.5) is 4.79 Å². The zero-order chi connectivity index (χ0) is 14.3. The van der Waals surface area contributed by atoms with Gasteiger partial charge in [-0.2, -0.15) is 0 Å². The van der Waals surface area contributed by atoms with Crippen LogP contribution in [0.2, 0.25) is 0 Å². The molecule has 7 heteroatoms. The standard InChI is InChI=1S/C12H15N3O3S/c1-3-6-15(7-11(16)17)12(18)13-5-4-10-14-9(2)8-19-10/h1,8H,4-7H2,2H3,(H,13,18)(H,16,17). The quantitative estimate of drug-likeness (QED) is 0.753. The maximum absolute atomic E-state index is 11.7. The molecule has 1 heterocycles. The molecule has 0 saturated carbocycles. The Morgan fingerprint density at radius 2 is 2.37 bits per heavy atom. The third-order valence-electron chi connectivity index (χ3n) is 2.18. The van der Waals surface area contributed by atoms with Crippen LogP contribution in [0, 0.1) is 19.3 Å². The van der Waals surface area contributed by atoms with E-state index in [-0.39, 0.29) is 6.54 Å². The van der Waals surface area contributed by atoms with Crippen molar-refractivity contribution in [1.29, 1.82) is 0 Å². The highest BCUT2D eigenvalue weighted by Gasteiger charge is 2.15. The number of rotatable bonds is 6. The number of hydrogen-bond donors (Lipinski definition) is 2. The first-order valence-electron chi connectivity index (χ1n) is 5.62. The van der Waals surface area contributed by atoms with Crippen LogP contribution in [0.25, 0.3) is 0 Å². The van der Waals surface area contributed by atoms with E-state index in [1.165, 1.54) is 11.3 Å². The SMILES string of the molecule is C#CCN(CC(=O)O)C(=O)NCCc1nc(C)cs1. The minimum atomic E-state index is -1.10. The number of aliphatic carboxylic acids is 1. The summed E-state index contributed by atoms with van der Waals surface area (Å²) in [5.41, 5.74) is 0.950. The molecule has 0 fully saturated rings. The van der Waals surface area contributed by atoms with Crippen LogP contribution in [0.1, 0.15) is 10.7 Å². The average molecular weight is 281 g/mol. The van der Waals surface area contributed by atoms with Crippen molar-refractivity contribution >= 4 is 23.3 Å². The number of aryl methyl sites for hydroxylation is 1. The lowest BCUT2D eigenvalue weighted by Gasteiger charge is -2.18. The fraction of sp³-hybridized carbons (Fsp3) is 0.417. The van der Waals surface area contributed by atoms with Crippen molar-refractivity contribution in [3.8, 4) is 12.3 Å². The van der Waals surface area contributed by atoms with Crippen molar-refractivity contribution in [3.05, 3.63) is 16.1 Å². The Labute approximate surface area is 115 Å². The second-order valence-corrected chi connectivity index (χ2v) is 4.76. The highest BCUT2D eigenvalue weighted by molar-refractivity contribution is 7.09. The van der Waals surface area contributed by atoms with Crippen LogP contribution in [0.15, 0.2) is 5.38 Å². The summed E-state index contributed by atoms with van der Waals surface area (Å²) in [6, 6.07) is -0.478. The topological polar surface area (TPSA) is 82.5 Å². The lowest BCUT2D eigenvalue weighted by Crippen LogP contribution is -2.43. The number of hydrogen-bond acceptors (Lipinski definition) is 4. The molecule has 2 N–H and O–H groups in total. The Balaban J connectivity index is 2.39. The summed E-state index contributed by atoms with van der Waals surface area (Å²) >= 11 is 1.53. The molecule has 6 nitrogen and oxygen atoms in total. The zero-order valence-electron chi connectivity index (χ0n) is 10.5. The molecule has 1 rings (SSSR count). The first-order valence-corrected chi connectivity index (χ1v) is 6.50. The number of nitrogens with zero attached hydrogens (tertiary/aromatic N) is 2. The smallest absolute Gasteiger partial charge is 0.323 e. The summed E-state index contributed by atoms with van der Waals surface area (Å²) in [6.07, 6.45) is 5.70. The number of terminal acetylenes is 1. The molecule has 0 bridgehead atoms. The first kappa shape index (κ1) is 15.0. The predicted octanol–water partition coefficient (Wildman–Crippen LogP) is 0.723. The van der Waals surface area contributed by atoms with Crippen molar-refractivity contribution in [1.82, 2.24) is 15.2 Å². The molecule has 0 aromatic carbocycles. The van der Waals surface area contributed by atoms with Gasteiger partial charge in [0, 0.05) is 24.0 Å². The lowest BCUT2D eigenvalue weighted by atomic mass is 10.4. The molecule has 1 aromatic heterocycles. The van der Waals surface area contributed by atoms with Gasteiger partial charge in [-0.05, 0) is 6.92 Å². The largest absolute Gasteiger partial charge is 0.480 e. The molecule has 0 unspecified atom stereocenters. The minimum absolute atomic E-state index is 0.0332. The van der Waals surface area contributed by atoms with Crippen LogP contribution >= 0.6 is 11.3 Å². The van der Waals surface area contributed by atoms with E-state index in [1.807, 2.05) is 12.3 Å². The zero-order valence-corrected chi connectivity index (χ0v) is 11.4. The van der Waals surface area contributed by atoms with Gasteiger partial charge in [0.15, 0.2) is 0 Å². The molecule has 0 atom stereocenters. The summed E-state index contributed by atoms with van der Waals surface area (Å²) in [4.78, 5) is 27.6. The third kappa shape index (κ3) is 5.40. The fourth-order valence-corrected chi connectivity index (χ4v) is 2.15. The van der Waals surface area contributed by atoms with E-state index >= 15 is 0 Å². The Morgan fingerprint density at radius 3 is 2.89 bits per heavy atom. The molecule has 0 spiro atoms. The molecule has 2 amide bonds. The van der Waals surface area contributed by atoms with Crippen LogP contribution in [0.3, 0.4) is 0 Å². The number of thiazole rings is 1. The molecule has 0 aliphatic rings. The summed E-state index contributed by atoms with van der Waals surface area (Å²) < 4.78 is 0. The van der Waals surface area contributed by atoms with Gasteiger partial charge in [0.1, 0.15) is 6.54 Å².